The van der Waals surface area contributed by atoms with Crippen molar-refractivity contribution in [1.82, 2.24) is 5.32 Å². The van der Waals surface area contributed by atoms with Gasteiger partial charge in [-0.2, -0.15) is 5.26 Å². The van der Waals surface area contributed by atoms with Crippen LogP contribution in [0.1, 0.15) is 31.2 Å². The molecule has 0 unspecified atom stereocenters. The summed E-state index contributed by atoms with van der Waals surface area (Å²) in [6, 6.07) is 7.85. The predicted molar refractivity (Wildman–Crippen MR) is 70.4 cm³/mol. The van der Waals surface area contributed by atoms with Crippen molar-refractivity contribution < 1.29 is 9.18 Å². The molecule has 1 N–H and O–H groups in total. The first-order chi connectivity index (χ1) is 9.19. The highest BCUT2D eigenvalue weighted by Gasteiger charge is 2.19. The number of nitrogens with zero attached hydrogens (tertiary/aromatic N) is 1. The van der Waals surface area contributed by atoms with Crippen LogP contribution in [-0.2, 0) is 4.79 Å². The van der Waals surface area contributed by atoms with Crippen LogP contribution in [0.4, 0.5) is 4.39 Å². The molecule has 1 aromatic carbocycles. The van der Waals surface area contributed by atoms with Crippen LogP contribution in [-0.4, -0.2) is 11.9 Å². The van der Waals surface area contributed by atoms with Crippen molar-refractivity contribution in [2.75, 3.05) is 0 Å². The minimum atomic E-state index is -0.387. The SMILES string of the molecule is N#C/C(=C\c1cccc(F)c1)C(=O)NC1CCCC1. The van der Waals surface area contributed by atoms with E-state index in [9.17, 15) is 9.18 Å². The van der Waals surface area contributed by atoms with Crippen molar-refractivity contribution in [2.45, 2.75) is 31.7 Å². The molecular formula is C15H15FN2O. The molecule has 4 heteroatoms. The van der Waals surface area contributed by atoms with Gasteiger partial charge in [0, 0.05) is 6.04 Å². The van der Waals surface area contributed by atoms with E-state index >= 15 is 0 Å². The summed E-state index contributed by atoms with van der Waals surface area (Å²) in [5, 5.41) is 11.9. The van der Waals surface area contributed by atoms with Gasteiger partial charge in [-0.1, -0.05) is 25.0 Å². The molecule has 0 radical (unpaired) electrons. The van der Waals surface area contributed by atoms with Crippen LogP contribution in [0.5, 0.6) is 0 Å². The molecule has 0 saturated heterocycles. The number of benzene rings is 1. The van der Waals surface area contributed by atoms with Crippen molar-refractivity contribution in [1.29, 1.82) is 5.26 Å². The van der Waals surface area contributed by atoms with Gasteiger partial charge in [-0.3, -0.25) is 4.79 Å². The second-order valence-electron chi connectivity index (χ2n) is 4.68. The lowest BCUT2D eigenvalue weighted by atomic mass is 10.1. The Labute approximate surface area is 111 Å². The van der Waals surface area contributed by atoms with Crippen LogP contribution in [0.2, 0.25) is 0 Å². The highest BCUT2D eigenvalue weighted by atomic mass is 19.1. The molecule has 0 bridgehead atoms. The topological polar surface area (TPSA) is 52.9 Å². The third-order valence-electron chi connectivity index (χ3n) is 3.22. The smallest absolute Gasteiger partial charge is 0.262 e. The van der Waals surface area contributed by atoms with Crippen LogP contribution in [0.15, 0.2) is 29.8 Å². The van der Waals surface area contributed by atoms with Gasteiger partial charge in [-0.05, 0) is 36.6 Å². The lowest BCUT2D eigenvalue weighted by molar-refractivity contribution is -0.117. The molecule has 1 amide bonds. The van der Waals surface area contributed by atoms with E-state index in [0.29, 0.717) is 5.56 Å². The normalized spacial score (nSPS) is 16.1. The van der Waals surface area contributed by atoms with Gasteiger partial charge in [-0.15, -0.1) is 0 Å². The van der Waals surface area contributed by atoms with E-state index in [1.54, 1.807) is 12.1 Å². The summed E-state index contributed by atoms with van der Waals surface area (Å²) in [5.74, 6) is -0.763. The van der Waals surface area contributed by atoms with Gasteiger partial charge < -0.3 is 5.32 Å². The van der Waals surface area contributed by atoms with Crippen LogP contribution in [0.3, 0.4) is 0 Å². The van der Waals surface area contributed by atoms with Crippen LogP contribution < -0.4 is 5.32 Å². The minimum absolute atomic E-state index is 0.0116. The fraction of sp³-hybridized carbons (Fsp3) is 0.333. The maximum atomic E-state index is 13.0. The molecule has 1 aliphatic rings. The van der Waals surface area contributed by atoms with Crippen molar-refractivity contribution >= 4 is 12.0 Å². The number of rotatable bonds is 3. The molecule has 3 nitrogen and oxygen atoms in total. The van der Waals surface area contributed by atoms with Gasteiger partial charge in [-0.25, -0.2) is 4.39 Å². The summed E-state index contributed by atoms with van der Waals surface area (Å²) >= 11 is 0. The largest absolute Gasteiger partial charge is 0.349 e. The van der Waals surface area contributed by atoms with Gasteiger partial charge in [0.25, 0.3) is 5.91 Å². The first-order valence-corrected chi connectivity index (χ1v) is 6.37. The summed E-state index contributed by atoms with van der Waals surface area (Å²) in [7, 11) is 0. The number of nitrogens with one attached hydrogen (secondary N) is 1. The Hall–Kier alpha value is -2.15. The summed E-state index contributed by atoms with van der Waals surface area (Å²) in [5.41, 5.74) is 0.524. The fourth-order valence-electron chi connectivity index (χ4n) is 2.24. The number of halogens is 1. The van der Waals surface area contributed by atoms with Gasteiger partial charge in [0.1, 0.15) is 17.5 Å². The van der Waals surface area contributed by atoms with E-state index < -0.39 is 0 Å². The second-order valence-corrected chi connectivity index (χ2v) is 4.68. The van der Waals surface area contributed by atoms with Gasteiger partial charge in [0.05, 0.1) is 0 Å². The molecule has 2 rings (SSSR count). The fourth-order valence-corrected chi connectivity index (χ4v) is 2.24. The molecule has 1 saturated carbocycles. The Bertz CT molecular complexity index is 539. The van der Waals surface area contributed by atoms with E-state index in [0.717, 1.165) is 25.7 Å². The highest BCUT2D eigenvalue weighted by Crippen LogP contribution is 2.18. The molecule has 0 atom stereocenters. The van der Waals surface area contributed by atoms with Crippen molar-refractivity contribution in [3.63, 3.8) is 0 Å². The first kappa shape index (κ1) is 13.3. The van der Waals surface area contributed by atoms with Crippen LogP contribution >= 0.6 is 0 Å². The van der Waals surface area contributed by atoms with E-state index in [1.807, 2.05) is 6.07 Å². The third-order valence-corrected chi connectivity index (χ3v) is 3.22. The number of amides is 1. The summed E-state index contributed by atoms with van der Waals surface area (Å²) in [6.45, 7) is 0. The number of carbonyl (C=O) groups is 1. The molecule has 98 valence electrons. The standard InChI is InChI=1S/C15H15FN2O/c16-13-5-3-4-11(9-13)8-12(10-17)15(19)18-14-6-1-2-7-14/h3-5,8-9,14H,1-2,6-7H2,(H,18,19)/b12-8+. The maximum absolute atomic E-state index is 13.0. The van der Waals surface area contributed by atoms with Crippen molar-refractivity contribution in [2.24, 2.45) is 0 Å². The second kappa shape index (κ2) is 6.14. The van der Waals surface area contributed by atoms with Crippen molar-refractivity contribution in [3.8, 4) is 6.07 Å². The Morgan fingerprint density at radius 2 is 2.16 bits per heavy atom. The number of hydrogen-bond donors (Lipinski definition) is 1. The Morgan fingerprint density at radius 1 is 1.42 bits per heavy atom. The molecule has 0 spiro atoms. The molecule has 0 aliphatic heterocycles. The third kappa shape index (κ3) is 3.65. The lowest BCUT2D eigenvalue weighted by Gasteiger charge is -2.10. The minimum Gasteiger partial charge on any atom is -0.349 e. The van der Waals surface area contributed by atoms with E-state index in [1.165, 1.54) is 18.2 Å². The van der Waals surface area contributed by atoms with Gasteiger partial charge >= 0.3 is 0 Å². The molecule has 0 aromatic heterocycles. The molecule has 1 aromatic rings. The van der Waals surface area contributed by atoms with Gasteiger partial charge in [0.2, 0.25) is 0 Å². The Balaban J connectivity index is 2.10. The lowest BCUT2D eigenvalue weighted by Crippen LogP contribution is -2.33. The monoisotopic (exact) mass is 258 g/mol. The number of hydrogen-bond acceptors (Lipinski definition) is 2. The average Bonchev–Trinajstić information content (AvgIpc) is 2.88. The van der Waals surface area contributed by atoms with Crippen LogP contribution in [0.25, 0.3) is 6.08 Å². The molecule has 0 heterocycles. The molecule has 19 heavy (non-hydrogen) atoms. The van der Waals surface area contributed by atoms with E-state index in [4.69, 9.17) is 5.26 Å². The molecular weight excluding hydrogens is 243 g/mol. The zero-order valence-electron chi connectivity index (χ0n) is 10.5. The first-order valence-electron chi connectivity index (χ1n) is 6.37. The molecule has 1 fully saturated rings. The molecule has 1 aliphatic carbocycles. The highest BCUT2D eigenvalue weighted by molar-refractivity contribution is 6.01. The Kier molecular flexibility index (Phi) is 4.30. The average molecular weight is 258 g/mol. The summed E-state index contributed by atoms with van der Waals surface area (Å²) < 4.78 is 13.0. The summed E-state index contributed by atoms with van der Waals surface area (Å²) in [6.07, 6.45) is 5.56. The van der Waals surface area contributed by atoms with Gasteiger partial charge in [0.15, 0.2) is 0 Å². The zero-order valence-corrected chi connectivity index (χ0v) is 10.5. The predicted octanol–water partition coefficient (Wildman–Crippen LogP) is 2.79. The number of nitriles is 1. The van der Waals surface area contributed by atoms with Crippen LogP contribution in [0, 0.1) is 17.1 Å². The quantitative estimate of drug-likeness (QED) is 0.669. The Morgan fingerprint density at radius 3 is 2.79 bits per heavy atom. The maximum Gasteiger partial charge on any atom is 0.262 e. The van der Waals surface area contributed by atoms with Crippen molar-refractivity contribution in [3.05, 3.63) is 41.2 Å². The van der Waals surface area contributed by atoms with E-state index in [-0.39, 0.29) is 23.3 Å². The van der Waals surface area contributed by atoms with E-state index in [2.05, 4.69) is 5.32 Å². The number of carbonyl (C=O) groups excluding carboxylic acids is 1. The summed E-state index contributed by atoms with van der Waals surface area (Å²) in [4.78, 5) is 11.9. The zero-order chi connectivity index (χ0) is 13.7.